The Morgan fingerprint density at radius 3 is 2.50 bits per heavy atom. The molecule has 0 aliphatic carbocycles. The molecule has 1 rings (SSSR count). The number of benzene rings is 1. The first-order chi connectivity index (χ1) is 9.29. The lowest BCUT2D eigenvalue weighted by Gasteiger charge is -2.17. The summed E-state index contributed by atoms with van der Waals surface area (Å²) in [6, 6.07) is 2.36. The monoisotopic (exact) mass is 287 g/mol. The molecule has 5 nitrogen and oxygen atoms in total. The van der Waals surface area contributed by atoms with Gasteiger partial charge in [-0.25, -0.2) is 8.78 Å². The van der Waals surface area contributed by atoms with Crippen molar-refractivity contribution in [3.63, 3.8) is 0 Å². The van der Waals surface area contributed by atoms with Gasteiger partial charge in [-0.05, 0) is 26.0 Å². The van der Waals surface area contributed by atoms with Crippen molar-refractivity contribution in [2.75, 3.05) is 0 Å². The maximum Gasteiger partial charge on any atom is 0.305 e. The predicted octanol–water partition coefficient (Wildman–Crippen LogP) is 1.71. The van der Waals surface area contributed by atoms with E-state index in [1.165, 1.54) is 19.9 Å². The van der Waals surface area contributed by atoms with Gasteiger partial charge in [-0.2, -0.15) is 0 Å². The van der Waals surface area contributed by atoms with E-state index >= 15 is 0 Å². The normalized spacial score (nSPS) is 13.4. The second kappa shape index (κ2) is 6.83. The highest BCUT2D eigenvalue weighted by Crippen LogP contribution is 2.16. The zero-order chi connectivity index (χ0) is 15.3. The summed E-state index contributed by atoms with van der Waals surface area (Å²) in [7, 11) is 0. The number of hydrogen-bond donors (Lipinski definition) is 2. The highest BCUT2D eigenvalue weighted by atomic mass is 19.2. The number of rotatable bonds is 6. The summed E-state index contributed by atoms with van der Waals surface area (Å²) in [5, 5.41) is 11.0. The molecule has 0 heterocycles. The lowest BCUT2D eigenvalue weighted by Crippen LogP contribution is -2.42. The quantitative estimate of drug-likeness (QED) is 0.835. The zero-order valence-corrected chi connectivity index (χ0v) is 11.0. The third kappa shape index (κ3) is 4.83. The van der Waals surface area contributed by atoms with Crippen molar-refractivity contribution in [1.82, 2.24) is 5.32 Å². The third-order valence-corrected chi connectivity index (χ3v) is 2.44. The number of carboxylic acids is 1. The molecule has 0 spiro atoms. The van der Waals surface area contributed by atoms with Gasteiger partial charge in [0.25, 0.3) is 5.91 Å². The van der Waals surface area contributed by atoms with Gasteiger partial charge in [0.15, 0.2) is 17.7 Å². The molecule has 110 valence electrons. The fourth-order valence-electron chi connectivity index (χ4n) is 1.48. The van der Waals surface area contributed by atoms with E-state index in [4.69, 9.17) is 9.84 Å². The molecule has 0 aromatic heterocycles. The molecule has 0 aliphatic rings. The van der Waals surface area contributed by atoms with Crippen LogP contribution in [0.3, 0.4) is 0 Å². The Labute approximate surface area is 114 Å². The van der Waals surface area contributed by atoms with Crippen LogP contribution in [0.1, 0.15) is 20.3 Å². The smallest absolute Gasteiger partial charge is 0.305 e. The Kier molecular flexibility index (Phi) is 5.42. The van der Waals surface area contributed by atoms with Gasteiger partial charge >= 0.3 is 5.97 Å². The maximum absolute atomic E-state index is 13.0. The van der Waals surface area contributed by atoms with Crippen LogP contribution in [-0.4, -0.2) is 29.1 Å². The average Bonchev–Trinajstić information content (AvgIpc) is 2.32. The lowest BCUT2D eigenvalue weighted by atomic mass is 10.2. The van der Waals surface area contributed by atoms with Crippen molar-refractivity contribution in [3.8, 4) is 5.75 Å². The van der Waals surface area contributed by atoms with Crippen LogP contribution in [0.2, 0.25) is 0 Å². The first-order valence-corrected chi connectivity index (χ1v) is 5.93. The lowest BCUT2D eigenvalue weighted by molar-refractivity contribution is -0.137. The molecule has 0 fully saturated rings. The van der Waals surface area contributed by atoms with Crippen molar-refractivity contribution >= 4 is 11.9 Å². The molecule has 0 bridgehead atoms. The van der Waals surface area contributed by atoms with Crippen LogP contribution in [0.4, 0.5) is 8.78 Å². The number of carbonyl (C=O) groups excluding carboxylic acids is 1. The van der Waals surface area contributed by atoms with E-state index < -0.39 is 35.7 Å². The van der Waals surface area contributed by atoms with Crippen molar-refractivity contribution < 1.29 is 28.2 Å². The van der Waals surface area contributed by atoms with Crippen LogP contribution in [0.5, 0.6) is 5.75 Å². The summed E-state index contributed by atoms with van der Waals surface area (Å²) in [6.07, 6.45) is -1.18. The minimum absolute atomic E-state index is 0.0115. The average molecular weight is 287 g/mol. The Morgan fingerprint density at radius 1 is 1.30 bits per heavy atom. The van der Waals surface area contributed by atoms with Crippen LogP contribution in [0.15, 0.2) is 18.2 Å². The van der Waals surface area contributed by atoms with Crippen LogP contribution < -0.4 is 10.1 Å². The van der Waals surface area contributed by atoms with E-state index in [1.807, 2.05) is 0 Å². The van der Waals surface area contributed by atoms with E-state index in [1.54, 1.807) is 0 Å². The van der Waals surface area contributed by atoms with Crippen molar-refractivity contribution in [2.24, 2.45) is 0 Å². The highest BCUT2D eigenvalue weighted by molar-refractivity contribution is 5.81. The molecule has 0 radical (unpaired) electrons. The third-order valence-electron chi connectivity index (χ3n) is 2.44. The van der Waals surface area contributed by atoms with Gasteiger partial charge in [-0.3, -0.25) is 9.59 Å². The predicted molar refractivity (Wildman–Crippen MR) is 66.3 cm³/mol. The molecule has 20 heavy (non-hydrogen) atoms. The molecule has 2 atom stereocenters. The number of carboxylic acid groups (broad SMARTS) is 1. The molecule has 0 saturated carbocycles. The molecule has 1 aromatic carbocycles. The first kappa shape index (κ1) is 15.9. The number of ether oxygens (including phenoxy) is 1. The molecule has 0 aliphatic heterocycles. The summed E-state index contributed by atoms with van der Waals surface area (Å²) in [5.74, 6) is -3.65. The second-order valence-electron chi connectivity index (χ2n) is 4.34. The molecule has 0 saturated heterocycles. The Hall–Kier alpha value is -2.18. The number of hydrogen-bond acceptors (Lipinski definition) is 3. The molecular weight excluding hydrogens is 272 g/mol. The van der Waals surface area contributed by atoms with Gasteiger partial charge in [-0.1, -0.05) is 0 Å². The molecule has 7 heteroatoms. The van der Waals surface area contributed by atoms with Crippen LogP contribution >= 0.6 is 0 Å². The highest BCUT2D eigenvalue weighted by Gasteiger charge is 2.18. The van der Waals surface area contributed by atoms with E-state index in [9.17, 15) is 18.4 Å². The summed E-state index contributed by atoms with van der Waals surface area (Å²) in [5.41, 5.74) is 0. The van der Waals surface area contributed by atoms with Gasteiger partial charge < -0.3 is 15.2 Å². The summed E-state index contributed by atoms with van der Waals surface area (Å²) < 4.78 is 30.8. The van der Waals surface area contributed by atoms with Gasteiger partial charge in [0.1, 0.15) is 5.75 Å². The SMILES string of the molecule is CC(CC(=O)O)NC(=O)C(C)Oc1ccc(F)c(F)c1. The van der Waals surface area contributed by atoms with E-state index in [2.05, 4.69) is 5.32 Å². The fraction of sp³-hybridized carbons (Fsp3) is 0.385. The maximum atomic E-state index is 13.0. The van der Waals surface area contributed by atoms with E-state index in [0.29, 0.717) is 0 Å². The Morgan fingerprint density at radius 2 is 1.95 bits per heavy atom. The summed E-state index contributed by atoms with van der Waals surface area (Å²) >= 11 is 0. The standard InChI is InChI=1S/C13H15F2NO4/c1-7(5-12(17)18)16-13(19)8(2)20-9-3-4-10(14)11(15)6-9/h3-4,6-8H,5H2,1-2H3,(H,16,19)(H,17,18). The fourth-order valence-corrected chi connectivity index (χ4v) is 1.48. The van der Waals surface area contributed by atoms with Crippen LogP contribution in [-0.2, 0) is 9.59 Å². The van der Waals surface area contributed by atoms with Crippen molar-refractivity contribution in [2.45, 2.75) is 32.4 Å². The van der Waals surface area contributed by atoms with Gasteiger partial charge in [-0.15, -0.1) is 0 Å². The zero-order valence-electron chi connectivity index (χ0n) is 11.0. The minimum atomic E-state index is -1.07. The number of amides is 1. The largest absolute Gasteiger partial charge is 0.481 e. The van der Waals surface area contributed by atoms with Crippen LogP contribution in [0.25, 0.3) is 0 Å². The van der Waals surface area contributed by atoms with Gasteiger partial charge in [0.2, 0.25) is 0 Å². The van der Waals surface area contributed by atoms with Crippen molar-refractivity contribution in [1.29, 1.82) is 0 Å². The molecular formula is C13H15F2NO4. The van der Waals surface area contributed by atoms with Gasteiger partial charge in [0.05, 0.1) is 6.42 Å². The van der Waals surface area contributed by atoms with Crippen molar-refractivity contribution in [3.05, 3.63) is 29.8 Å². The summed E-state index contributed by atoms with van der Waals surface area (Å²) in [4.78, 5) is 22.2. The molecule has 1 aromatic rings. The number of carbonyl (C=O) groups is 2. The second-order valence-corrected chi connectivity index (χ2v) is 4.34. The molecule has 2 unspecified atom stereocenters. The Bertz CT molecular complexity index is 507. The van der Waals surface area contributed by atoms with Crippen LogP contribution in [0, 0.1) is 11.6 Å². The minimum Gasteiger partial charge on any atom is -0.481 e. The van der Waals surface area contributed by atoms with E-state index in [0.717, 1.165) is 12.1 Å². The van der Waals surface area contributed by atoms with E-state index in [-0.39, 0.29) is 12.2 Å². The Balaban J connectivity index is 2.56. The first-order valence-electron chi connectivity index (χ1n) is 5.93. The number of halogens is 2. The molecule has 2 N–H and O–H groups in total. The van der Waals surface area contributed by atoms with Gasteiger partial charge in [0, 0.05) is 12.1 Å². The molecule has 1 amide bonds. The number of aliphatic carboxylic acids is 1. The summed E-state index contributed by atoms with van der Waals surface area (Å²) in [6.45, 7) is 2.96. The number of nitrogens with one attached hydrogen (secondary N) is 1. The topological polar surface area (TPSA) is 75.6 Å².